The quantitative estimate of drug-likeness (QED) is 0.591. The van der Waals surface area contributed by atoms with Crippen molar-refractivity contribution in [2.24, 2.45) is 5.41 Å². The maximum atomic E-state index is 13.4. The molecule has 7 nitrogen and oxygen atoms in total. The van der Waals surface area contributed by atoms with Crippen molar-refractivity contribution in [1.29, 1.82) is 0 Å². The molecule has 1 saturated carbocycles. The monoisotopic (exact) mass is 474 g/mol. The van der Waals surface area contributed by atoms with Crippen LogP contribution in [0.2, 0.25) is 0 Å². The second-order valence-electron chi connectivity index (χ2n) is 9.44. The van der Waals surface area contributed by atoms with Crippen molar-refractivity contribution in [2.75, 3.05) is 19.7 Å². The third-order valence-corrected chi connectivity index (χ3v) is 7.23. The molecule has 4 rings (SSSR count). The fourth-order valence-corrected chi connectivity index (χ4v) is 5.44. The van der Waals surface area contributed by atoms with E-state index in [1.54, 1.807) is 6.92 Å². The molecule has 2 unspecified atom stereocenters. The lowest BCUT2D eigenvalue weighted by Gasteiger charge is -2.42. The van der Waals surface area contributed by atoms with Gasteiger partial charge in [-0.3, -0.25) is 9.59 Å². The van der Waals surface area contributed by atoms with Crippen molar-refractivity contribution in [3.63, 3.8) is 0 Å². The van der Waals surface area contributed by atoms with Crippen LogP contribution in [0.5, 0.6) is 0 Å². The van der Waals surface area contributed by atoms with E-state index in [0.29, 0.717) is 12.8 Å². The van der Waals surface area contributed by atoms with Gasteiger partial charge in [0, 0.05) is 12.0 Å². The van der Waals surface area contributed by atoms with Crippen molar-refractivity contribution < 1.29 is 24.2 Å². The first-order valence-corrected chi connectivity index (χ1v) is 11.9. The van der Waals surface area contributed by atoms with E-state index in [1.165, 1.54) is 4.90 Å². The average molecular weight is 475 g/mol. The highest BCUT2D eigenvalue weighted by Crippen LogP contribution is 2.44. The van der Waals surface area contributed by atoms with Crippen LogP contribution in [-0.2, 0) is 14.3 Å². The maximum absolute atomic E-state index is 13.4. The number of ether oxygens (including phenoxy) is 1. The summed E-state index contributed by atoms with van der Waals surface area (Å²) >= 11 is 0. The molecule has 2 aliphatic rings. The number of rotatable bonds is 7. The SMILES string of the molecule is C#CCN(CC(=O)O)C(=O)C1(C)CCCCC1NC(=O)OCC1c2ccccc2-c2ccccc21. The van der Waals surface area contributed by atoms with Gasteiger partial charge in [0.25, 0.3) is 0 Å². The minimum atomic E-state index is -1.13. The normalized spacial score (nSPS) is 20.7. The molecule has 0 aliphatic heterocycles. The molecule has 0 bridgehead atoms. The van der Waals surface area contributed by atoms with Gasteiger partial charge in [-0.25, -0.2) is 4.79 Å². The number of nitrogens with one attached hydrogen (secondary N) is 1. The van der Waals surface area contributed by atoms with E-state index in [4.69, 9.17) is 11.2 Å². The predicted octanol–water partition coefficient (Wildman–Crippen LogP) is 4.02. The number of benzene rings is 2. The molecule has 0 aromatic heterocycles. The van der Waals surface area contributed by atoms with E-state index in [2.05, 4.69) is 35.5 Å². The fraction of sp³-hybridized carbons (Fsp3) is 0.393. The highest BCUT2D eigenvalue weighted by atomic mass is 16.5. The molecule has 0 saturated heterocycles. The van der Waals surface area contributed by atoms with Crippen LogP contribution in [0.15, 0.2) is 48.5 Å². The summed E-state index contributed by atoms with van der Waals surface area (Å²) in [4.78, 5) is 38.7. The molecule has 2 atom stereocenters. The molecule has 2 amide bonds. The van der Waals surface area contributed by atoms with Crippen molar-refractivity contribution in [2.45, 2.75) is 44.6 Å². The Labute approximate surface area is 205 Å². The lowest BCUT2D eigenvalue weighted by Crippen LogP contribution is -2.57. The number of carbonyl (C=O) groups is 3. The van der Waals surface area contributed by atoms with Crippen molar-refractivity contribution >= 4 is 18.0 Å². The first-order chi connectivity index (χ1) is 16.8. The summed E-state index contributed by atoms with van der Waals surface area (Å²) in [5, 5.41) is 12.1. The maximum Gasteiger partial charge on any atom is 0.407 e. The summed E-state index contributed by atoms with van der Waals surface area (Å²) in [7, 11) is 0. The number of fused-ring (bicyclic) bond motifs is 3. The van der Waals surface area contributed by atoms with Crippen LogP contribution in [0.3, 0.4) is 0 Å². The summed E-state index contributed by atoms with van der Waals surface area (Å²) in [5.74, 6) is 0.812. The molecular formula is C28H30N2O5. The van der Waals surface area contributed by atoms with E-state index in [-0.39, 0.29) is 25.0 Å². The molecule has 2 aromatic rings. The Morgan fingerprint density at radius 2 is 1.74 bits per heavy atom. The van der Waals surface area contributed by atoms with Gasteiger partial charge in [0.1, 0.15) is 13.2 Å². The number of hydrogen-bond donors (Lipinski definition) is 2. The van der Waals surface area contributed by atoms with Crippen LogP contribution in [0, 0.1) is 17.8 Å². The first-order valence-electron chi connectivity index (χ1n) is 11.9. The van der Waals surface area contributed by atoms with Gasteiger partial charge in [-0.15, -0.1) is 6.42 Å². The van der Waals surface area contributed by atoms with Gasteiger partial charge in [0.15, 0.2) is 0 Å². The van der Waals surface area contributed by atoms with Gasteiger partial charge in [-0.1, -0.05) is 67.3 Å². The summed E-state index contributed by atoms with van der Waals surface area (Å²) in [6, 6.07) is 15.8. The summed E-state index contributed by atoms with van der Waals surface area (Å²) < 4.78 is 5.69. The second-order valence-corrected chi connectivity index (χ2v) is 9.44. The molecule has 35 heavy (non-hydrogen) atoms. The van der Waals surface area contributed by atoms with Gasteiger partial charge in [-0.05, 0) is 42.0 Å². The topological polar surface area (TPSA) is 95.9 Å². The average Bonchev–Trinajstić information content (AvgIpc) is 3.17. The van der Waals surface area contributed by atoms with E-state index in [1.807, 2.05) is 24.3 Å². The number of nitrogens with zero attached hydrogens (tertiary/aromatic N) is 1. The van der Waals surface area contributed by atoms with Crippen molar-refractivity contribution in [1.82, 2.24) is 10.2 Å². The highest BCUT2D eigenvalue weighted by Gasteiger charge is 2.46. The number of amides is 2. The Balaban J connectivity index is 1.46. The van der Waals surface area contributed by atoms with E-state index < -0.39 is 30.1 Å². The van der Waals surface area contributed by atoms with Gasteiger partial charge in [0.2, 0.25) is 5.91 Å². The number of carboxylic acid groups (broad SMARTS) is 1. The molecule has 1 fully saturated rings. The lowest BCUT2D eigenvalue weighted by atomic mass is 9.70. The third kappa shape index (κ3) is 4.88. The van der Waals surface area contributed by atoms with Crippen LogP contribution in [0.4, 0.5) is 4.79 Å². The fourth-order valence-electron chi connectivity index (χ4n) is 5.44. The number of carbonyl (C=O) groups excluding carboxylic acids is 2. The minimum absolute atomic E-state index is 0.0609. The van der Waals surface area contributed by atoms with Gasteiger partial charge in [-0.2, -0.15) is 0 Å². The van der Waals surface area contributed by atoms with E-state index in [0.717, 1.165) is 35.1 Å². The van der Waals surface area contributed by atoms with Crippen LogP contribution in [0.25, 0.3) is 11.1 Å². The zero-order valence-corrected chi connectivity index (χ0v) is 19.8. The zero-order chi connectivity index (χ0) is 25.0. The molecule has 0 radical (unpaired) electrons. The number of hydrogen-bond acceptors (Lipinski definition) is 4. The van der Waals surface area contributed by atoms with Crippen LogP contribution in [-0.4, -0.2) is 53.7 Å². The Morgan fingerprint density at radius 3 is 2.34 bits per heavy atom. The van der Waals surface area contributed by atoms with Gasteiger partial charge < -0.3 is 20.1 Å². The molecule has 2 N–H and O–H groups in total. The standard InChI is InChI=1S/C28H30N2O5/c1-3-16-30(17-25(31)32)26(33)28(2)15-9-8-14-24(28)29-27(34)35-18-23-21-12-6-4-10-19(21)20-11-5-7-13-22(20)23/h1,4-7,10-13,23-24H,8-9,14-18H2,2H3,(H,29,34)(H,31,32). The Hall–Kier alpha value is -3.79. The Bertz CT molecular complexity index is 1120. The lowest BCUT2D eigenvalue weighted by molar-refractivity contribution is -0.151. The Morgan fingerprint density at radius 1 is 1.11 bits per heavy atom. The molecule has 0 spiro atoms. The van der Waals surface area contributed by atoms with Crippen LogP contribution < -0.4 is 5.32 Å². The number of aliphatic carboxylic acids is 1. The van der Waals surface area contributed by atoms with Crippen molar-refractivity contribution in [3.05, 3.63) is 59.7 Å². The van der Waals surface area contributed by atoms with Crippen LogP contribution in [0.1, 0.15) is 49.7 Å². The summed E-state index contributed by atoms with van der Waals surface area (Å²) in [6.45, 7) is 1.38. The minimum Gasteiger partial charge on any atom is -0.480 e. The molecule has 182 valence electrons. The van der Waals surface area contributed by atoms with Gasteiger partial charge in [0.05, 0.1) is 12.0 Å². The summed E-state index contributed by atoms with van der Waals surface area (Å²) in [5.41, 5.74) is 3.58. The number of carboxylic acids is 1. The molecule has 7 heteroatoms. The van der Waals surface area contributed by atoms with Crippen LogP contribution >= 0.6 is 0 Å². The van der Waals surface area contributed by atoms with Crippen molar-refractivity contribution in [3.8, 4) is 23.5 Å². The van der Waals surface area contributed by atoms with E-state index in [9.17, 15) is 19.5 Å². The van der Waals surface area contributed by atoms with E-state index >= 15 is 0 Å². The zero-order valence-electron chi connectivity index (χ0n) is 19.8. The Kier molecular flexibility index (Phi) is 7.11. The molecule has 2 aromatic carbocycles. The highest BCUT2D eigenvalue weighted by molar-refractivity contribution is 5.87. The summed E-state index contributed by atoms with van der Waals surface area (Å²) in [6.07, 6.45) is 7.58. The third-order valence-electron chi connectivity index (χ3n) is 7.23. The largest absolute Gasteiger partial charge is 0.480 e. The predicted molar refractivity (Wildman–Crippen MR) is 132 cm³/mol. The molecule has 2 aliphatic carbocycles. The second kappa shape index (κ2) is 10.2. The number of alkyl carbamates (subject to hydrolysis) is 1. The molecule has 0 heterocycles. The number of terminal acetylenes is 1. The first kappa shape index (κ1) is 24.3. The smallest absolute Gasteiger partial charge is 0.407 e. The van der Waals surface area contributed by atoms with Gasteiger partial charge >= 0.3 is 12.1 Å². The molecular weight excluding hydrogens is 444 g/mol.